The molecule has 0 saturated carbocycles. The van der Waals surface area contributed by atoms with Crippen LogP contribution in [0.4, 0.5) is 5.69 Å². The Bertz CT molecular complexity index is 885. The molecule has 2 aromatic carbocycles. The number of anilines is 1. The van der Waals surface area contributed by atoms with E-state index in [1.54, 1.807) is 0 Å². The van der Waals surface area contributed by atoms with Gasteiger partial charge >= 0.3 is 0 Å². The maximum absolute atomic E-state index is 12.6. The largest absolute Gasteiger partial charge is 0.348 e. The van der Waals surface area contributed by atoms with E-state index in [1.165, 1.54) is 9.87 Å². The van der Waals surface area contributed by atoms with Crippen molar-refractivity contribution in [2.45, 2.75) is 40.2 Å². The highest BCUT2D eigenvalue weighted by Crippen LogP contribution is 2.26. The normalized spacial score (nSPS) is 12.5. The van der Waals surface area contributed by atoms with Crippen LogP contribution in [0, 0.1) is 13.8 Å². The molecule has 1 unspecified atom stereocenters. The van der Waals surface area contributed by atoms with Crippen LogP contribution >= 0.6 is 0 Å². The number of nitrogens with one attached hydrogen (secondary N) is 1. The summed E-state index contributed by atoms with van der Waals surface area (Å²) in [6.07, 6.45) is 2.08. The number of para-hydroxylation sites is 1. The Labute approximate surface area is 162 Å². The van der Waals surface area contributed by atoms with Gasteiger partial charge in [0.2, 0.25) is 15.9 Å². The van der Waals surface area contributed by atoms with Crippen molar-refractivity contribution in [1.82, 2.24) is 5.32 Å². The molecule has 0 aliphatic rings. The number of hydrogen-bond acceptors (Lipinski definition) is 3. The zero-order valence-corrected chi connectivity index (χ0v) is 17.4. The van der Waals surface area contributed by atoms with Crippen molar-refractivity contribution in [2.75, 3.05) is 17.1 Å². The minimum absolute atomic E-state index is 0.206. The lowest BCUT2D eigenvalue weighted by Gasteiger charge is -2.26. The van der Waals surface area contributed by atoms with Gasteiger partial charge in [-0.3, -0.25) is 9.10 Å². The summed E-state index contributed by atoms with van der Waals surface area (Å²) in [4.78, 5) is 12.6. The molecule has 1 N–H and O–H groups in total. The molecule has 0 saturated heterocycles. The van der Waals surface area contributed by atoms with Crippen LogP contribution in [0.25, 0.3) is 0 Å². The molecule has 2 rings (SSSR count). The number of aryl methyl sites for hydroxylation is 3. The van der Waals surface area contributed by atoms with Crippen LogP contribution in [0.5, 0.6) is 0 Å². The number of hydrogen-bond donors (Lipinski definition) is 1. The Balaban J connectivity index is 2.19. The Morgan fingerprint density at radius 1 is 1.07 bits per heavy atom. The third-order valence-electron chi connectivity index (χ3n) is 4.64. The van der Waals surface area contributed by atoms with E-state index in [2.05, 4.69) is 12.2 Å². The molecule has 1 atom stereocenters. The topological polar surface area (TPSA) is 66.5 Å². The molecule has 0 fully saturated rings. The van der Waals surface area contributed by atoms with Crippen molar-refractivity contribution in [2.24, 2.45) is 0 Å². The van der Waals surface area contributed by atoms with Crippen LogP contribution in [-0.4, -0.2) is 27.1 Å². The average Bonchev–Trinajstić information content (AvgIpc) is 2.59. The van der Waals surface area contributed by atoms with Gasteiger partial charge in [-0.25, -0.2) is 8.42 Å². The fourth-order valence-corrected chi connectivity index (χ4v) is 4.08. The molecule has 0 aliphatic carbocycles. The predicted octanol–water partition coefficient (Wildman–Crippen LogP) is 3.51. The van der Waals surface area contributed by atoms with Crippen LogP contribution in [0.3, 0.4) is 0 Å². The summed E-state index contributed by atoms with van der Waals surface area (Å²) >= 11 is 0. The molecule has 5 nitrogen and oxygen atoms in total. The number of carbonyl (C=O) groups is 1. The molecule has 0 radical (unpaired) electrons. The molecule has 0 aromatic heterocycles. The third kappa shape index (κ3) is 5.32. The average molecular weight is 389 g/mol. The van der Waals surface area contributed by atoms with Gasteiger partial charge in [0.15, 0.2) is 0 Å². The summed E-state index contributed by atoms with van der Waals surface area (Å²) < 4.78 is 25.9. The Hall–Kier alpha value is -2.34. The van der Waals surface area contributed by atoms with Crippen LogP contribution in [0.1, 0.15) is 42.1 Å². The molecular formula is C21H28N2O3S. The fraction of sp³-hybridized carbons (Fsp3) is 0.381. The Morgan fingerprint density at radius 2 is 1.63 bits per heavy atom. The summed E-state index contributed by atoms with van der Waals surface area (Å²) in [5, 5.41) is 2.90. The van der Waals surface area contributed by atoms with Gasteiger partial charge < -0.3 is 5.32 Å². The first kappa shape index (κ1) is 21.0. The summed E-state index contributed by atoms with van der Waals surface area (Å²) in [7, 11) is -3.59. The molecule has 146 valence electrons. The minimum Gasteiger partial charge on any atom is -0.348 e. The van der Waals surface area contributed by atoms with Gasteiger partial charge in [0.05, 0.1) is 18.0 Å². The second-order valence-electron chi connectivity index (χ2n) is 6.89. The van der Waals surface area contributed by atoms with Gasteiger partial charge in [-0.2, -0.15) is 0 Å². The van der Waals surface area contributed by atoms with E-state index in [1.807, 2.05) is 63.2 Å². The molecule has 0 heterocycles. The summed E-state index contributed by atoms with van der Waals surface area (Å²) in [6.45, 7) is 7.42. The van der Waals surface area contributed by atoms with E-state index in [0.29, 0.717) is 5.69 Å². The standard InChI is InChI=1S/C21H28N2O3S/c1-6-18-10-12-19(13-11-18)17(4)22-20(24)14-23(27(5,25)26)21-15(2)8-7-9-16(21)3/h7-13,17H,6,14H2,1-5H3,(H,22,24). The van der Waals surface area contributed by atoms with Gasteiger partial charge in [-0.05, 0) is 49.4 Å². The number of amides is 1. The summed E-state index contributed by atoms with van der Waals surface area (Å²) in [5.41, 5.74) is 4.41. The van der Waals surface area contributed by atoms with E-state index in [9.17, 15) is 13.2 Å². The number of rotatable bonds is 7. The molecule has 2 aromatic rings. The van der Waals surface area contributed by atoms with Gasteiger partial charge in [-0.15, -0.1) is 0 Å². The van der Waals surface area contributed by atoms with Crippen LogP contribution in [0.15, 0.2) is 42.5 Å². The maximum atomic E-state index is 12.6. The van der Waals surface area contributed by atoms with Crippen molar-refractivity contribution < 1.29 is 13.2 Å². The predicted molar refractivity (Wildman–Crippen MR) is 110 cm³/mol. The Kier molecular flexibility index (Phi) is 6.65. The number of sulfonamides is 1. The second-order valence-corrected chi connectivity index (χ2v) is 8.80. The van der Waals surface area contributed by atoms with E-state index in [4.69, 9.17) is 0 Å². The zero-order chi connectivity index (χ0) is 20.2. The summed E-state index contributed by atoms with van der Waals surface area (Å²) in [6, 6.07) is 13.4. The third-order valence-corrected chi connectivity index (χ3v) is 5.75. The lowest BCUT2D eigenvalue weighted by atomic mass is 10.0. The first-order chi connectivity index (χ1) is 12.6. The van der Waals surface area contributed by atoms with E-state index in [-0.39, 0.29) is 18.5 Å². The van der Waals surface area contributed by atoms with Crippen LogP contribution in [0.2, 0.25) is 0 Å². The zero-order valence-electron chi connectivity index (χ0n) is 16.6. The first-order valence-electron chi connectivity index (χ1n) is 9.05. The summed E-state index contributed by atoms with van der Waals surface area (Å²) in [5.74, 6) is -0.338. The van der Waals surface area contributed by atoms with E-state index in [0.717, 1.165) is 29.4 Å². The maximum Gasteiger partial charge on any atom is 0.241 e. The number of nitrogens with zero attached hydrogens (tertiary/aromatic N) is 1. The Morgan fingerprint density at radius 3 is 2.11 bits per heavy atom. The second kappa shape index (κ2) is 8.57. The lowest BCUT2D eigenvalue weighted by molar-refractivity contribution is -0.120. The van der Waals surface area contributed by atoms with Crippen molar-refractivity contribution in [1.29, 1.82) is 0 Å². The van der Waals surface area contributed by atoms with Crippen LogP contribution in [-0.2, 0) is 21.2 Å². The molecule has 1 amide bonds. The van der Waals surface area contributed by atoms with Gasteiger partial charge in [0.1, 0.15) is 6.54 Å². The number of benzene rings is 2. The number of carbonyl (C=O) groups excluding carboxylic acids is 1. The van der Waals surface area contributed by atoms with Gasteiger partial charge in [0, 0.05) is 0 Å². The van der Waals surface area contributed by atoms with Crippen molar-refractivity contribution in [3.63, 3.8) is 0 Å². The highest BCUT2D eigenvalue weighted by Gasteiger charge is 2.24. The minimum atomic E-state index is -3.59. The highest BCUT2D eigenvalue weighted by molar-refractivity contribution is 7.92. The SMILES string of the molecule is CCc1ccc(C(C)NC(=O)CN(c2c(C)cccc2C)S(C)(=O)=O)cc1. The molecule has 27 heavy (non-hydrogen) atoms. The molecular weight excluding hydrogens is 360 g/mol. The molecule has 0 spiro atoms. The molecule has 0 bridgehead atoms. The van der Waals surface area contributed by atoms with Crippen molar-refractivity contribution >= 4 is 21.6 Å². The fourth-order valence-electron chi connectivity index (χ4n) is 3.10. The molecule has 0 aliphatic heterocycles. The van der Waals surface area contributed by atoms with E-state index >= 15 is 0 Å². The highest BCUT2D eigenvalue weighted by atomic mass is 32.2. The van der Waals surface area contributed by atoms with E-state index < -0.39 is 10.0 Å². The first-order valence-corrected chi connectivity index (χ1v) is 10.9. The van der Waals surface area contributed by atoms with Gasteiger partial charge in [0.25, 0.3) is 0 Å². The van der Waals surface area contributed by atoms with Crippen LogP contribution < -0.4 is 9.62 Å². The monoisotopic (exact) mass is 388 g/mol. The lowest BCUT2D eigenvalue weighted by Crippen LogP contribution is -2.41. The van der Waals surface area contributed by atoms with Gasteiger partial charge in [-0.1, -0.05) is 49.4 Å². The van der Waals surface area contributed by atoms with Crippen molar-refractivity contribution in [3.8, 4) is 0 Å². The quantitative estimate of drug-likeness (QED) is 0.789. The van der Waals surface area contributed by atoms with Crippen molar-refractivity contribution in [3.05, 3.63) is 64.7 Å². The molecule has 6 heteroatoms. The smallest absolute Gasteiger partial charge is 0.241 e.